The molecular formula is C6H12ClNO2. The Morgan fingerprint density at radius 3 is 1.90 bits per heavy atom. The summed E-state index contributed by atoms with van der Waals surface area (Å²) >= 11 is 0. The Kier molecular flexibility index (Phi) is 6.15. The lowest BCUT2D eigenvalue weighted by Crippen LogP contribution is -2.18. The highest BCUT2D eigenvalue weighted by Crippen LogP contribution is 1.95. The Balaban J connectivity index is 0. The van der Waals surface area contributed by atoms with Gasteiger partial charge in [0.1, 0.15) is 5.70 Å². The summed E-state index contributed by atoms with van der Waals surface area (Å²) in [5.74, 6) is -0.887. The molecule has 0 saturated heterocycles. The van der Waals surface area contributed by atoms with Gasteiger partial charge in [0.25, 0.3) is 0 Å². The first-order valence-electron chi connectivity index (χ1n) is 2.66. The van der Waals surface area contributed by atoms with Crippen molar-refractivity contribution >= 4 is 18.4 Å². The predicted octanol–water partition coefficient (Wildman–Crippen LogP) is 0.958. The Morgan fingerprint density at radius 2 is 1.90 bits per heavy atom. The van der Waals surface area contributed by atoms with Gasteiger partial charge in [-0.1, -0.05) is 6.08 Å². The van der Waals surface area contributed by atoms with Crippen LogP contribution in [0.5, 0.6) is 0 Å². The zero-order valence-electron chi connectivity index (χ0n) is 6.29. The SMILES string of the molecule is C/C=C(\C(=O)O)N(C)C.Cl. The van der Waals surface area contributed by atoms with Crippen LogP contribution < -0.4 is 0 Å². The van der Waals surface area contributed by atoms with Crippen LogP contribution in [0.2, 0.25) is 0 Å². The molecule has 0 radical (unpaired) electrons. The molecule has 60 valence electrons. The molecule has 0 rings (SSSR count). The quantitative estimate of drug-likeness (QED) is 0.620. The van der Waals surface area contributed by atoms with E-state index in [1.54, 1.807) is 32.0 Å². The molecule has 0 atom stereocenters. The molecule has 0 aromatic carbocycles. The number of nitrogens with zero attached hydrogens (tertiary/aromatic N) is 1. The van der Waals surface area contributed by atoms with Crippen LogP contribution in [0.3, 0.4) is 0 Å². The van der Waals surface area contributed by atoms with Gasteiger partial charge in [-0.25, -0.2) is 4.79 Å². The van der Waals surface area contributed by atoms with Crippen molar-refractivity contribution in [3.63, 3.8) is 0 Å². The number of hydrogen-bond donors (Lipinski definition) is 1. The molecule has 0 saturated carbocycles. The molecule has 0 aliphatic heterocycles. The summed E-state index contributed by atoms with van der Waals surface area (Å²) in [5, 5.41) is 8.43. The minimum Gasteiger partial charge on any atom is -0.477 e. The first-order valence-corrected chi connectivity index (χ1v) is 2.66. The van der Waals surface area contributed by atoms with Crippen LogP contribution in [0.4, 0.5) is 0 Å². The fourth-order valence-corrected chi connectivity index (χ4v) is 0.573. The lowest BCUT2D eigenvalue weighted by Gasteiger charge is -2.11. The highest BCUT2D eigenvalue weighted by atomic mass is 35.5. The topological polar surface area (TPSA) is 40.5 Å². The summed E-state index contributed by atoms with van der Waals surface area (Å²) < 4.78 is 0. The van der Waals surface area contributed by atoms with Crippen LogP contribution in [-0.4, -0.2) is 30.1 Å². The lowest BCUT2D eigenvalue weighted by atomic mass is 10.4. The molecular weight excluding hydrogens is 154 g/mol. The molecule has 0 aromatic heterocycles. The maximum atomic E-state index is 10.3. The molecule has 0 heterocycles. The van der Waals surface area contributed by atoms with Gasteiger partial charge >= 0.3 is 5.97 Å². The number of likely N-dealkylation sites (N-methyl/N-ethyl adjacent to an activating group) is 1. The number of hydrogen-bond acceptors (Lipinski definition) is 2. The summed E-state index contributed by atoms with van der Waals surface area (Å²) in [6.07, 6.45) is 1.56. The van der Waals surface area contributed by atoms with Crippen LogP contribution in [0.15, 0.2) is 11.8 Å². The third-order valence-corrected chi connectivity index (χ3v) is 0.974. The molecule has 0 aliphatic carbocycles. The van der Waals surface area contributed by atoms with Crippen molar-refractivity contribution in [3.05, 3.63) is 11.8 Å². The predicted molar refractivity (Wildman–Crippen MR) is 42.3 cm³/mol. The number of carboxylic acid groups (broad SMARTS) is 1. The first kappa shape index (κ1) is 12.0. The smallest absolute Gasteiger partial charge is 0.351 e. The Bertz CT molecular complexity index is 143. The standard InChI is InChI=1S/C6H11NO2.ClH/c1-4-5(6(8)9)7(2)3;/h4H,1-3H3,(H,8,9);1H/b5-4+;. The second kappa shape index (κ2) is 5.11. The monoisotopic (exact) mass is 165 g/mol. The van der Waals surface area contributed by atoms with Crippen molar-refractivity contribution < 1.29 is 9.90 Å². The largest absolute Gasteiger partial charge is 0.477 e. The van der Waals surface area contributed by atoms with E-state index in [0.717, 1.165) is 0 Å². The summed E-state index contributed by atoms with van der Waals surface area (Å²) in [6.45, 7) is 1.70. The van der Waals surface area contributed by atoms with Crippen molar-refractivity contribution in [1.82, 2.24) is 4.90 Å². The van der Waals surface area contributed by atoms with Gasteiger partial charge in [-0.2, -0.15) is 0 Å². The van der Waals surface area contributed by atoms with Crippen molar-refractivity contribution in [2.45, 2.75) is 6.92 Å². The minimum atomic E-state index is -0.887. The van der Waals surface area contributed by atoms with Crippen LogP contribution >= 0.6 is 12.4 Å². The molecule has 10 heavy (non-hydrogen) atoms. The summed E-state index contributed by atoms with van der Waals surface area (Å²) in [7, 11) is 3.40. The number of carboxylic acids is 1. The number of halogens is 1. The van der Waals surface area contributed by atoms with E-state index in [0.29, 0.717) is 5.70 Å². The first-order chi connectivity index (χ1) is 4.09. The average Bonchev–Trinajstić information content (AvgIpc) is 1.64. The summed E-state index contributed by atoms with van der Waals surface area (Å²) in [5.41, 5.74) is 0.315. The van der Waals surface area contributed by atoms with Crippen LogP contribution in [0.1, 0.15) is 6.92 Å². The number of rotatable bonds is 2. The number of allylic oxidation sites excluding steroid dienone is 1. The second-order valence-corrected chi connectivity index (χ2v) is 1.87. The van der Waals surface area contributed by atoms with Gasteiger partial charge in [-0.05, 0) is 6.92 Å². The molecule has 0 spiro atoms. The van der Waals surface area contributed by atoms with Gasteiger partial charge < -0.3 is 10.0 Å². The molecule has 3 nitrogen and oxygen atoms in total. The van der Waals surface area contributed by atoms with E-state index in [4.69, 9.17) is 5.11 Å². The number of carbonyl (C=O) groups is 1. The third kappa shape index (κ3) is 3.35. The Labute approximate surface area is 66.7 Å². The van der Waals surface area contributed by atoms with Gasteiger partial charge in [0, 0.05) is 14.1 Å². The molecule has 4 heteroatoms. The van der Waals surface area contributed by atoms with Crippen molar-refractivity contribution in [2.75, 3.05) is 14.1 Å². The fourth-order valence-electron chi connectivity index (χ4n) is 0.573. The van der Waals surface area contributed by atoms with E-state index in [1.807, 2.05) is 0 Å². The highest BCUT2D eigenvalue weighted by molar-refractivity contribution is 5.85. The van der Waals surface area contributed by atoms with Crippen LogP contribution in [0, 0.1) is 0 Å². The average molecular weight is 166 g/mol. The minimum absolute atomic E-state index is 0. The highest BCUT2D eigenvalue weighted by Gasteiger charge is 2.05. The molecule has 0 aliphatic rings. The van der Waals surface area contributed by atoms with E-state index in [1.165, 1.54) is 0 Å². The third-order valence-electron chi connectivity index (χ3n) is 0.974. The maximum absolute atomic E-state index is 10.3. The van der Waals surface area contributed by atoms with Gasteiger partial charge in [-0.15, -0.1) is 12.4 Å². The molecule has 0 fully saturated rings. The van der Waals surface area contributed by atoms with Crippen LogP contribution in [-0.2, 0) is 4.79 Å². The normalized spacial score (nSPS) is 10.1. The van der Waals surface area contributed by atoms with Crippen molar-refractivity contribution in [1.29, 1.82) is 0 Å². The van der Waals surface area contributed by atoms with Crippen molar-refractivity contribution in [2.24, 2.45) is 0 Å². The summed E-state index contributed by atoms with van der Waals surface area (Å²) in [4.78, 5) is 11.8. The molecule has 0 unspecified atom stereocenters. The van der Waals surface area contributed by atoms with Gasteiger partial charge in [0.15, 0.2) is 0 Å². The van der Waals surface area contributed by atoms with Gasteiger partial charge in [0.2, 0.25) is 0 Å². The Hall–Kier alpha value is -0.700. The Morgan fingerprint density at radius 1 is 1.50 bits per heavy atom. The summed E-state index contributed by atoms with van der Waals surface area (Å²) in [6, 6.07) is 0. The van der Waals surface area contributed by atoms with Crippen molar-refractivity contribution in [3.8, 4) is 0 Å². The lowest BCUT2D eigenvalue weighted by molar-refractivity contribution is -0.134. The molecule has 0 amide bonds. The fraction of sp³-hybridized carbons (Fsp3) is 0.500. The van der Waals surface area contributed by atoms with Crippen LogP contribution in [0.25, 0.3) is 0 Å². The van der Waals surface area contributed by atoms with E-state index in [9.17, 15) is 4.79 Å². The maximum Gasteiger partial charge on any atom is 0.351 e. The molecule has 0 bridgehead atoms. The zero-order chi connectivity index (χ0) is 7.44. The van der Waals surface area contributed by atoms with E-state index < -0.39 is 5.97 Å². The second-order valence-electron chi connectivity index (χ2n) is 1.87. The zero-order valence-corrected chi connectivity index (χ0v) is 7.10. The number of aliphatic carboxylic acids is 1. The van der Waals surface area contributed by atoms with E-state index >= 15 is 0 Å². The molecule has 0 aromatic rings. The van der Waals surface area contributed by atoms with Gasteiger partial charge in [-0.3, -0.25) is 0 Å². The van der Waals surface area contributed by atoms with Gasteiger partial charge in [0.05, 0.1) is 0 Å². The van der Waals surface area contributed by atoms with E-state index in [2.05, 4.69) is 0 Å². The van der Waals surface area contributed by atoms with E-state index in [-0.39, 0.29) is 12.4 Å². The molecule has 1 N–H and O–H groups in total.